The average Bonchev–Trinajstić information content (AvgIpc) is 3.41. The molecule has 1 saturated carbocycles. The molecule has 2 aromatic carbocycles. The molecule has 1 fully saturated rings. The quantitative estimate of drug-likeness (QED) is 0.839. The van der Waals surface area contributed by atoms with Crippen molar-refractivity contribution < 1.29 is 14.3 Å². The third-order valence-corrected chi connectivity index (χ3v) is 4.51. The number of ether oxygens (including phenoxy) is 2. The Bertz CT molecular complexity index is 726. The maximum Gasteiger partial charge on any atom is 0.232 e. The molecule has 0 radical (unpaired) electrons. The first-order chi connectivity index (χ1) is 11.6. The maximum absolute atomic E-state index is 12.8. The van der Waals surface area contributed by atoms with E-state index in [1.807, 2.05) is 30.3 Å². The lowest BCUT2D eigenvalue weighted by atomic mass is 9.93. The maximum atomic E-state index is 12.8. The van der Waals surface area contributed by atoms with Gasteiger partial charge >= 0.3 is 0 Å². The Labute approximate surface area is 146 Å². The minimum atomic E-state index is -0.157. The van der Waals surface area contributed by atoms with Gasteiger partial charge in [0.2, 0.25) is 5.91 Å². The number of halogens is 1. The van der Waals surface area contributed by atoms with Gasteiger partial charge in [-0.05, 0) is 48.6 Å². The topological polar surface area (TPSA) is 47.6 Å². The number of hydrogen-bond acceptors (Lipinski definition) is 3. The van der Waals surface area contributed by atoms with Gasteiger partial charge in [0.25, 0.3) is 0 Å². The van der Waals surface area contributed by atoms with Crippen molar-refractivity contribution in [1.29, 1.82) is 0 Å². The summed E-state index contributed by atoms with van der Waals surface area (Å²) in [6.45, 7) is 0. The molecular formula is C19H20ClNO3. The molecule has 0 bridgehead atoms. The highest BCUT2D eigenvalue weighted by Crippen LogP contribution is 2.43. The molecule has 4 nitrogen and oxygen atoms in total. The largest absolute Gasteiger partial charge is 0.493 e. The zero-order valence-electron chi connectivity index (χ0n) is 13.7. The molecule has 1 amide bonds. The SMILES string of the molecule is COc1ccc(NC(=O)C(c2ccc(Cl)cc2)C2CC2)cc1OC. The summed E-state index contributed by atoms with van der Waals surface area (Å²) in [5, 5.41) is 3.67. The van der Waals surface area contributed by atoms with Gasteiger partial charge in [0.1, 0.15) is 0 Å². The lowest BCUT2D eigenvalue weighted by Crippen LogP contribution is -2.22. The van der Waals surface area contributed by atoms with Crippen molar-refractivity contribution in [2.75, 3.05) is 19.5 Å². The number of anilines is 1. The summed E-state index contributed by atoms with van der Waals surface area (Å²) >= 11 is 5.96. The molecule has 24 heavy (non-hydrogen) atoms. The van der Waals surface area contributed by atoms with Gasteiger partial charge in [-0.2, -0.15) is 0 Å². The highest BCUT2D eigenvalue weighted by molar-refractivity contribution is 6.30. The second kappa shape index (κ2) is 7.14. The Hall–Kier alpha value is -2.20. The van der Waals surface area contributed by atoms with E-state index in [1.165, 1.54) is 0 Å². The summed E-state index contributed by atoms with van der Waals surface area (Å²) in [7, 11) is 3.16. The number of benzene rings is 2. The molecule has 0 spiro atoms. The fourth-order valence-corrected chi connectivity index (χ4v) is 3.00. The van der Waals surface area contributed by atoms with Crippen molar-refractivity contribution in [3.63, 3.8) is 0 Å². The number of carbonyl (C=O) groups excluding carboxylic acids is 1. The Morgan fingerprint density at radius 1 is 1.08 bits per heavy atom. The zero-order chi connectivity index (χ0) is 17.1. The van der Waals surface area contributed by atoms with Gasteiger partial charge < -0.3 is 14.8 Å². The van der Waals surface area contributed by atoms with E-state index in [4.69, 9.17) is 21.1 Å². The van der Waals surface area contributed by atoms with Crippen molar-refractivity contribution in [3.05, 3.63) is 53.1 Å². The lowest BCUT2D eigenvalue weighted by Gasteiger charge is -2.17. The first kappa shape index (κ1) is 16.7. The fourth-order valence-electron chi connectivity index (χ4n) is 2.87. The molecule has 1 N–H and O–H groups in total. The third kappa shape index (κ3) is 3.65. The lowest BCUT2D eigenvalue weighted by molar-refractivity contribution is -0.118. The molecule has 0 aliphatic heterocycles. The van der Waals surface area contributed by atoms with E-state index in [-0.39, 0.29) is 11.8 Å². The minimum absolute atomic E-state index is 0.00737. The van der Waals surface area contributed by atoms with Crippen molar-refractivity contribution in [1.82, 2.24) is 0 Å². The number of hydrogen-bond donors (Lipinski definition) is 1. The molecule has 3 rings (SSSR count). The first-order valence-corrected chi connectivity index (χ1v) is 8.28. The second-order valence-electron chi connectivity index (χ2n) is 5.93. The molecule has 1 aliphatic rings. The van der Waals surface area contributed by atoms with Gasteiger partial charge in [-0.3, -0.25) is 4.79 Å². The van der Waals surface area contributed by atoms with E-state index in [2.05, 4.69) is 5.32 Å². The molecular weight excluding hydrogens is 326 g/mol. The van der Waals surface area contributed by atoms with Crippen molar-refractivity contribution in [2.24, 2.45) is 5.92 Å². The van der Waals surface area contributed by atoms with Crippen LogP contribution in [-0.2, 0) is 4.79 Å². The minimum Gasteiger partial charge on any atom is -0.493 e. The van der Waals surface area contributed by atoms with Gasteiger partial charge in [-0.25, -0.2) is 0 Å². The molecule has 0 saturated heterocycles. The normalized spacial score (nSPS) is 14.8. The Morgan fingerprint density at radius 2 is 1.75 bits per heavy atom. The summed E-state index contributed by atoms with van der Waals surface area (Å²) < 4.78 is 10.5. The van der Waals surface area contributed by atoms with E-state index in [9.17, 15) is 4.79 Å². The molecule has 1 atom stereocenters. The van der Waals surface area contributed by atoms with Crippen LogP contribution < -0.4 is 14.8 Å². The van der Waals surface area contributed by atoms with Crippen LogP contribution in [0.1, 0.15) is 24.3 Å². The van der Waals surface area contributed by atoms with Gasteiger partial charge in [0, 0.05) is 16.8 Å². The van der Waals surface area contributed by atoms with Crippen LogP contribution in [0.5, 0.6) is 11.5 Å². The fraction of sp³-hybridized carbons (Fsp3) is 0.316. The average molecular weight is 346 g/mol. The summed E-state index contributed by atoms with van der Waals surface area (Å²) in [4.78, 5) is 12.8. The Kier molecular flexibility index (Phi) is 4.95. The van der Waals surface area contributed by atoms with Crippen LogP contribution in [0.25, 0.3) is 0 Å². The standard InChI is InChI=1S/C19H20ClNO3/c1-23-16-10-9-15(11-17(16)24-2)21-19(22)18(12-3-4-12)13-5-7-14(20)8-6-13/h5-12,18H,3-4H2,1-2H3,(H,21,22). The predicted molar refractivity (Wildman–Crippen MR) is 95.1 cm³/mol. The van der Waals surface area contributed by atoms with Crippen LogP contribution in [0.2, 0.25) is 5.02 Å². The highest BCUT2D eigenvalue weighted by Gasteiger charge is 2.37. The molecule has 5 heteroatoms. The summed E-state index contributed by atoms with van der Waals surface area (Å²) in [6.07, 6.45) is 2.15. The Balaban J connectivity index is 1.80. The van der Waals surface area contributed by atoms with E-state index in [0.29, 0.717) is 28.1 Å². The number of carbonyl (C=O) groups is 1. The predicted octanol–water partition coefficient (Wildman–Crippen LogP) is 4.49. The smallest absolute Gasteiger partial charge is 0.232 e. The number of rotatable bonds is 6. The van der Waals surface area contributed by atoms with Gasteiger partial charge in [-0.1, -0.05) is 23.7 Å². The van der Waals surface area contributed by atoms with E-state index in [0.717, 1.165) is 18.4 Å². The molecule has 0 heterocycles. The summed E-state index contributed by atoms with van der Waals surface area (Å²) in [6, 6.07) is 12.9. The van der Waals surface area contributed by atoms with E-state index < -0.39 is 0 Å². The molecule has 126 valence electrons. The number of amides is 1. The summed E-state index contributed by atoms with van der Waals surface area (Å²) in [5.41, 5.74) is 1.69. The number of methoxy groups -OCH3 is 2. The van der Waals surface area contributed by atoms with Gasteiger partial charge in [-0.15, -0.1) is 0 Å². The molecule has 0 aromatic heterocycles. The van der Waals surface area contributed by atoms with Gasteiger partial charge in [0.15, 0.2) is 11.5 Å². The molecule has 2 aromatic rings. The van der Waals surface area contributed by atoms with E-state index >= 15 is 0 Å². The molecule has 1 aliphatic carbocycles. The monoisotopic (exact) mass is 345 g/mol. The van der Waals surface area contributed by atoms with Crippen molar-refractivity contribution in [2.45, 2.75) is 18.8 Å². The Morgan fingerprint density at radius 3 is 2.33 bits per heavy atom. The van der Waals surface area contributed by atoms with Crippen LogP contribution >= 0.6 is 11.6 Å². The van der Waals surface area contributed by atoms with Crippen LogP contribution in [0.3, 0.4) is 0 Å². The van der Waals surface area contributed by atoms with Crippen molar-refractivity contribution >= 4 is 23.2 Å². The van der Waals surface area contributed by atoms with Gasteiger partial charge in [0.05, 0.1) is 20.1 Å². The van der Waals surface area contributed by atoms with Crippen molar-refractivity contribution in [3.8, 4) is 11.5 Å². The first-order valence-electron chi connectivity index (χ1n) is 7.90. The van der Waals surface area contributed by atoms with Crippen LogP contribution in [0, 0.1) is 5.92 Å². The summed E-state index contributed by atoms with van der Waals surface area (Å²) in [5.74, 6) is 1.45. The highest BCUT2D eigenvalue weighted by atomic mass is 35.5. The van der Waals surface area contributed by atoms with Crippen LogP contribution in [-0.4, -0.2) is 20.1 Å². The molecule has 1 unspecified atom stereocenters. The van der Waals surface area contributed by atoms with Crippen LogP contribution in [0.15, 0.2) is 42.5 Å². The van der Waals surface area contributed by atoms with Crippen LogP contribution in [0.4, 0.5) is 5.69 Å². The second-order valence-corrected chi connectivity index (χ2v) is 6.36. The zero-order valence-corrected chi connectivity index (χ0v) is 14.5. The van der Waals surface area contributed by atoms with E-state index in [1.54, 1.807) is 26.4 Å². The number of nitrogens with one attached hydrogen (secondary N) is 1. The third-order valence-electron chi connectivity index (χ3n) is 4.26.